The van der Waals surface area contributed by atoms with Crippen LogP contribution in [-0.4, -0.2) is 5.60 Å². The van der Waals surface area contributed by atoms with Gasteiger partial charge in [-0.05, 0) is 56.9 Å². The second-order valence-electron chi connectivity index (χ2n) is 5.27. The molecule has 88 valence electrons. The minimum absolute atomic E-state index is 0.141. The van der Waals surface area contributed by atoms with E-state index in [9.17, 15) is 0 Å². The van der Waals surface area contributed by atoms with E-state index in [4.69, 9.17) is 4.84 Å². The Balaban J connectivity index is 2.06. The molecule has 0 bridgehead atoms. The van der Waals surface area contributed by atoms with E-state index in [2.05, 4.69) is 60.4 Å². The van der Waals surface area contributed by atoms with Gasteiger partial charge >= 0.3 is 0 Å². The van der Waals surface area contributed by atoms with Gasteiger partial charge in [0.15, 0.2) is 0 Å². The summed E-state index contributed by atoms with van der Waals surface area (Å²) in [6.45, 7) is 6.16. The molecule has 16 heavy (non-hydrogen) atoms. The molecule has 3 heteroatoms. The summed E-state index contributed by atoms with van der Waals surface area (Å²) < 4.78 is 1.16. The lowest BCUT2D eigenvalue weighted by Gasteiger charge is -2.23. The first-order chi connectivity index (χ1) is 7.46. The standard InChI is InChI=1S/C13H18BrNO/c1-13(2,3)16-15-12-7-4-9-8-10(14)5-6-11(9)12/h5-6,8,12,15H,4,7H2,1-3H3. The highest BCUT2D eigenvalue weighted by Gasteiger charge is 2.24. The topological polar surface area (TPSA) is 21.3 Å². The van der Waals surface area contributed by atoms with E-state index in [1.807, 2.05) is 0 Å². The second kappa shape index (κ2) is 4.47. The van der Waals surface area contributed by atoms with Crippen molar-refractivity contribution in [1.29, 1.82) is 0 Å². The Morgan fingerprint density at radius 2 is 2.12 bits per heavy atom. The summed E-state index contributed by atoms with van der Waals surface area (Å²) in [5, 5.41) is 0. The van der Waals surface area contributed by atoms with E-state index in [0.29, 0.717) is 6.04 Å². The van der Waals surface area contributed by atoms with Crippen LogP contribution in [0.1, 0.15) is 44.4 Å². The molecule has 1 aromatic rings. The molecular formula is C13H18BrNO. The first-order valence-corrected chi connectivity index (χ1v) is 6.47. The zero-order chi connectivity index (χ0) is 11.8. The Morgan fingerprint density at radius 1 is 1.38 bits per heavy atom. The van der Waals surface area contributed by atoms with Crippen LogP contribution in [0.2, 0.25) is 0 Å². The maximum atomic E-state index is 5.64. The molecule has 2 rings (SSSR count). The van der Waals surface area contributed by atoms with Gasteiger partial charge in [-0.1, -0.05) is 22.0 Å². The van der Waals surface area contributed by atoms with Crippen molar-refractivity contribution in [2.24, 2.45) is 0 Å². The van der Waals surface area contributed by atoms with Crippen molar-refractivity contribution >= 4 is 15.9 Å². The van der Waals surface area contributed by atoms with Gasteiger partial charge in [0.2, 0.25) is 0 Å². The van der Waals surface area contributed by atoms with Crippen LogP contribution in [0.3, 0.4) is 0 Å². The molecule has 1 N–H and O–H groups in total. The predicted octanol–water partition coefficient (Wildman–Crippen LogP) is 3.76. The molecule has 0 amide bonds. The monoisotopic (exact) mass is 283 g/mol. The van der Waals surface area contributed by atoms with Gasteiger partial charge in [-0.25, -0.2) is 0 Å². The molecule has 0 radical (unpaired) electrons. The minimum atomic E-state index is -0.141. The van der Waals surface area contributed by atoms with E-state index in [1.54, 1.807) is 0 Å². The first kappa shape index (κ1) is 12.1. The average molecular weight is 284 g/mol. The lowest BCUT2D eigenvalue weighted by molar-refractivity contribution is -0.0888. The van der Waals surface area contributed by atoms with Gasteiger partial charge in [-0.15, -0.1) is 0 Å². The van der Waals surface area contributed by atoms with Crippen molar-refractivity contribution in [3.05, 3.63) is 33.8 Å². The summed E-state index contributed by atoms with van der Waals surface area (Å²) in [7, 11) is 0. The third-order valence-corrected chi connectivity index (χ3v) is 3.18. The van der Waals surface area contributed by atoms with Crippen LogP contribution in [0, 0.1) is 0 Å². The van der Waals surface area contributed by atoms with Crippen molar-refractivity contribution in [2.45, 2.75) is 45.3 Å². The molecule has 0 aliphatic heterocycles. The smallest absolute Gasteiger partial charge is 0.0813 e. The fraction of sp³-hybridized carbons (Fsp3) is 0.538. The molecule has 0 spiro atoms. The summed E-state index contributed by atoms with van der Waals surface area (Å²) in [5.74, 6) is 0. The summed E-state index contributed by atoms with van der Waals surface area (Å²) in [5.41, 5.74) is 5.83. The normalized spacial score (nSPS) is 19.9. The Bertz CT molecular complexity index is 384. The highest BCUT2D eigenvalue weighted by atomic mass is 79.9. The van der Waals surface area contributed by atoms with Crippen LogP contribution in [0.4, 0.5) is 0 Å². The molecule has 2 nitrogen and oxygen atoms in total. The molecule has 0 saturated carbocycles. The van der Waals surface area contributed by atoms with Crippen LogP contribution in [0.25, 0.3) is 0 Å². The van der Waals surface area contributed by atoms with Gasteiger partial charge in [-0.2, -0.15) is 5.48 Å². The summed E-state index contributed by atoms with van der Waals surface area (Å²) >= 11 is 3.50. The van der Waals surface area contributed by atoms with E-state index >= 15 is 0 Å². The third kappa shape index (κ3) is 2.84. The molecule has 1 aliphatic carbocycles. The summed E-state index contributed by atoms with van der Waals surface area (Å²) in [6.07, 6.45) is 2.24. The van der Waals surface area contributed by atoms with Gasteiger partial charge in [0.25, 0.3) is 0 Å². The maximum absolute atomic E-state index is 5.64. The van der Waals surface area contributed by atoms with Gasteiger partial charge in [0.1, 0.15) is 0 Å². The van der Waals surface area contributed by atoms with E-state index in [0.717, 1.165) is 17.3 Å². The quantitative estimate of drug-likeness (QED) is 0.835. The zero-order valence-electron chi connectivity index (χ0n) is 10.0. The van der Waals surface area contributed by atoms with Gasteiger partial charge in [0, 0.05) is 4.47 Å². The summed E-state index contributed by atoms with van der Waals surface area (Å²) in [6, 6.07) is 6.81. The zero-order valence-corrected chi connectivity index (χ0v) is 11.6. The van der Waals surface area contributed by atoms with Crippen LogP contribution >= 0.6 is 15.9 Å². The molecule has 0 aromatic heterocycles. The first-order valence-electron chi connectivity index (χ1n) is 5.67. The van der Waals surface area contributed by atoms with Gasteiger partial charge < -0.3 is 0 Å². The molecule has 1 aliphatic rings. The van der Waals surface area contributed by atoms with Gasteiger partial charge in [0.05, 0.1) is 11.6 Å². The van der Waals surface area contributed by atoms with Crippen LogP contribution in [0.5, 0.6) is 0 Å². The summed E-state index contributed by atoms with van der Waals surface area (Å²) in [4.78, 5) is 5.64. The molecule has 1 unspecified atom stereocenters. The van der Waals surface area contributed by atoms with Crippen molar-refractivity contribution < 1.29 is 4.84 Å². The number of hydrogen-bond donors (Lipinski definition) is 1. The molecule has 1 atom stereocenters. The van der Waals surface area contributed by atoms with Crippen molar-refractivity contribution in [3.8, 4) is 0 Å². The fourth-order valence-corrected chi connectivity index (χ4v) is 2.36. The number of nitrogens with one attached hydrogen (secondary N) is 1. The van der Waals surface area contributed by atoms with Crippen LogP contribution in [-0.2, 0) is 11.3 Å². The number of hydrogen-bond acceptors (Lipinski definition) is 2. The van der Waals surface area contributed by atoms with E-state index < -0.39 is 0 Å². The van der Waals surface area contributed by atoms with E-state index in [-0.39, 0.29) is 5.60 Å². The van der Waals surface area contributed by atoms with Crippen LogP contribution in [0.15, 0.2) is 22.7 Å². The molecule has 0 heterocycles. The number of aryl methyl sites for hydroxylation is 1. The highest BCUT2D eigenvalue weighted by molar-refractivity contribution is 9.10. The molecule has 0 fully saturated rings. The third-order valence-electron chi connectivity index (χ3n) is 2.69. The number of fused-ring (bicyclic) bond motifs is 1. The van der Waals surface area contributed by atoms with E-state index in [1.165, 1.54) is 11.1 Å². The maximum Gasteiger partial charge on any atom is 0.0813 e. The average Bonchev–Trinajstić information content (AvgIpc) is 2.56. The van der Waals surface area contributed by atoms with Gasteiger partial charge in [-0.3, -0.25) is 4.84 Å². The van der Waals surface area contributed by atoms with Crippen molar-refractivity contribution in [2.75, 3.05) is 0 Å². The number of rotatable bonds is 2. The van der Waals surface area contributed by atoms with Crippen molar-refractivity contribution in [3.63, 3.8) is 0 Å². The predicted molar refractivity (Wildman–Crippen MR) is 69.2 cm³/mol. The Kier molecular flexibility index (Phi) is 3.38. The van der Waals surface area contributed by atoms with Crippen molar-refractivity contribution in [1.82, 2.24) is 5.48 Å². The fourth-order valence-electron chi connectivity index (χ4n) is 1.96. The van der Waals surface area contributed by atoms with Crippen LogP contribution < -0.4 is 5.48 Å². The SMILES string of the molecule is CC(C)(C)ONC1CCc2cc(Br)ccc21. The lowest BCUT2D eigenvalue weighted by atomic mass is 10.1. The Labute approximate surface area is 105 Å². The largest absolute Gasteiger partial charge is 0.296 e. The number of benzene rings is 1. The highest BCUT2D eigenvalue weighted by Crippen LogP contribution is 2.33. The Morgan fingerprint density at radius 3 is 2.81 bits per heavy atom. The Hall–Kier alpha value is -0.380. The minimum Gasteiger partial charge on any atom is -0.296 e. The lowest BCUT2D eigenvalue weighted by Crippen LogP contribution is -2.31. The molecule has 0 saturated heterocycles. The second-order valence-corrected chi connectivity index (χ2v) is 6.18. The molecule has 1 aromatic carbocycles. The number of hydroxylamine groups is 1. The molecular weight excluding hydrogens is 266 g/mol. The number of halogens is 1.